The third-order valence-corrected chi connectivity index (χ3v) is 5.36. The number of carbonyl (C=O) groups excluding carboxylic acids is 3. The molecule has 1 aromatic rings. The molecule has 2 atom stereocenters. The number of likely N-dealkylation sites (tertiary alicyclic amines) is 1. The summed E-state index contributed by atoms with van der Waals surface area (Å²) in [7, 11) is 0. The number of nitrogens with zero attached hydrogens (tertiary/aromatic N) is 1. The number of hydrogen-bond donors (Lipinski definition) is 2. The van der Waals surface area contributed by atoms with Gasteiger partial charge in [0.25, 0.3) is 5.91 Å². The lowest BCUT2D eigenvalue weighted by Gasteiger charge is -2.20. The van der Waals surface area contributed by atoms with E-state index in [1.54, 1.807) is 29.2 Å². The van der Waals surface area contributed by atoms with Crippen LogP contribution in [0.15, 0.2) is 24.3 Å². The van der Waals surface area contributed by atoms with Crippen molar-refractivity contribution in [1.82, 2.24) is 10.2 Å². The number of benzene rings is 1. The summed E-state index contributed by atoms with van der Waals surface area (Å²) < 4.78 is 0. The van der Waals surface area contributed by atoms with Crippen molar-refractivity contribution in [2.45, 2.75) is 72.4 Å². The first kappa shape index (κ1) is 22.9. The fraction of sp³-hybridized carbons (Fsp3) is 0.609. The van der Waals surface area contributed by atoms with Gasteiger partial charge in [-0.15, -0.1) is 0 Å². The zero-order valence-electron chi connectivity index (χ0n) is 18.3. The third-order valence-electron chi connectivity index (χ3n) is 5.36. The first-order valence-corrected chi connectivity index (χ1v) is 10.7. The van der Waals surface area contributed by atoms with E-state index in [2.05, 4.69) is 24.5 Å². The molecule has 1 aliphatic rings. The number of hydrogen-bond acceptors (Lipinski definition) is 3. The van der Waals surface area contributed by atoms with Crippen molar-refractivity contribution in [3.8, 4) is 0 Å². The molecule has 2 unspecified atom stereocenters. The Bertz CT molecular complexity index is 713. The van der Waals surface area contributed by atoms with Gasteiger partial charge in [0.1, 0.15) is 0 Å². The molecule has 0 aromatic heterocycles. The molecule has 6 nitrogen and oxygen atoms in total. The van der Waals surface area contributed by atoms with Crippen LogP contribution in [0, 0.1) is 11.8 Å². The molecule has 2 N–H and O–H groups in total. The zero-order valence-corrected chi connectivity index (χ0v) is 18.3. The molecule has 6 heteroatoms. The minimum Gasteiger partial charge on any atom is -0.350 e. The lowest BCUT2D eigenvalue weighted by atomic mass is 10.0. The Kier molecular flexibility index (Phi) is 8.23. The SMILES string of the molecule is CC(C)CCCC(C)NC(=O)c1ccc(NC(=O)C2CC(=O)N(C(C)C)C2)cc1. The van der Waals surface area contributed by atoms with Gasteiger partial charge in [-0.1, -0.05) is 26.7 Å². The van der Waals surface area contributed by atoms with Crippen LogP contribution in [-0.2, 0) is 9.59 Å². The van der Waals surface area contributed by atoms with Crippen LogP contribution in [-0.4, -0.2) is 41.2 Å². The summed E-state index contributed by atoms with van der Waals surface area (Å²) in [4.78, 5) is 38.6. The fourth-order valence-corrected chi connectivity index (χ4v) is 3.57. The monoisotopic (exact) mass is 401 g/mol. The summed E-state index contributed by atoms with van der Waals surface area (Å²) >= 11 is 0. The Balaban J connectivity index is 1.84. The molecule has 3 amide bonds. The number of carbonyl (C=O) groups is 3. The van der Waals surface area contributed by atoms with Crippen LogP contribution in [0.1, 0.15) is 70.7 Å². The zero-order chi connectivity index (χ0) is 21.6. The van der Waals surface area contributed by atoms with Gasteiger partial charge in [0.2, 0.25) is 11.8 Å². The molecular formula is C23H35N3O3. The van der Waals surface area contributed by atoms with Crippen LogP contribution in [0.4, 0.5) is 5.69 Å². The van der Waals surface area contributed by atoms with E-state index in [0.717, 1.165) is 19.3 Å². The predicted molar refractivity (Wildman–Crippen MR) is 116 cm³/mol. The maximum Gasteiger partial charge on any atom is 0.251 e. The topological polar surface area (TPSA) is 78.5 Å². The van der Waals surface area contributed by atoms with Crippen molar-refractivity contribution in [3.05, 3.63) is 29.8 Å². The lowest BCUT2D eigenvalue weighted by molar-refractivity contribution is -0.129. The highest BCUT2D eigenvalue weighted by molar-refractivity contribution is 5.98. The third kappa shape index (κ3) is 6.87. The lowest BCUT2D eigenvalue weighted by Crippen LogP contribution is -2.33. The Morgan fingerprint density at radius 2 is 1.72 bits per heavy atom. The van der Waals surface area contributed by atoms with E-state index in [9.17, 15) is 14.4 Å². The largest absolute Gasteiger partial charge is 0.350 e. The molecular weight excluding hydrogens is 366 g/mol. The van der Waals surface area contributed by atoms with E-state index in [4.69, 9.17) is 0 Å². The van der Waals surface area contributed by atoms with Gasteiger partial charge in [0, 0.05) is 36.3 Å². The molecule has 160 valence electrons. The van der Waals surface area contributed by atoms with E-state index in [-0.39, 0.29) is 42.1 Å². The summed E-state index contributed by atoms with van der Waals surface area (Å²) in [6, 6.07) is 7.12. The predicted octanol–water partition coefficient (Wildman–Crippen LogP) is 3.83. The second-order valence-corrected chi connectivity index (χ2v) is 8.81. The molecule has 1 aromatic carbocycles. The van der Waals surface area contributed by atoms with Gasteiger partial charge in [-0.2, -0.15) is 0 Å². The normalized spacial score (nSPS) is 17.7. The van der Waals surface area contributed by atoms with E-state index in [0.29, 0.717) is 23.7 Å². The molecule has 0 aliphatic carbocycles. The van der Waals surface area contributed by atoms with Crippen LogP contribution in [0.2, 0.25) is 0 Å². The summed E-state index contributed by atoms with van der Waals surface area (Å²) in [5.74, 6) is 0.108. The minimum absolute atomic E-state index is 0.0229. The van der Waals surface area contributed by atoms with Crippen molar-refractivity contribution in [1.29, 1.82) is 0 Å². The second kappa shape index (κ2) is 10.4. The first-order valence-electron chi connectivity index (χ1n) is 10.7. The van der Waals surface area contributed by atoms with Crippen molar-refractivity contribution >= 4 is 23.4 Å². The molecule has 1 heterocycles. The van der Waals surface area contributed by atoms with Crippen LogP contribution in [0.3, 0.4) is 0 Å². The van der Waals surface area contributed by atoms with Crippen LogP contribution in [0.25, 0.3) is 0 Å². The molecule has 0 spiro atoms. The molecule has 1 aliphatic heterocycles. The van der Waals surface area contributed by atoms with Gasteiger partial charge in [0.05, 0.1) is 5.92 Å². The van der Waals surface area contributed by atoms with E-state index >= 15 is 0 Å². The number of anilines is 1. The minimum atomic E-state index is -0.334. The Morgan fingerprint density at radius 1 is 1.07 bits per heavy atom. The van der Waals surface area contributed by atoms with Gasteiger partial charge in [-0.05, 0) is 57.4 Å². The average molecular weight is 402 g/mol. The summed E-state index contributed by atoms with van der Waals surface area (Å²) in [5.41, 5.74) is 1.20. The summed E-state index contributed by atoms with van der Waals surface area (Å²) in [6.07, 6.45) is 3.48. The summed E-state index contributed by atoms with van der Waals surface area (Å²) in [6.45, 7) is 10.8. The van der Waals surface area contributed by atoms with Gasteiger partial charge in [0.15, 0.2) is 0 Å². The molecule has 0 radical (unpaired) electrons. The Labute approximate surface area is 174 Å². The molecule has 0 saturated carbocycles. The number of rotatable bonds is 9. The number of amides is 3. The second-order valence-electron chi connectivity index (χ2n) is 8.81. The molecule has 2 rings (SSSR count). The van der Waals surface area contributed by atoms with Crippen molar-refractivity contribution < 1.29 is 14.4 Å². The smallest absolute Gasteiger partial charge is 0.251 e. The maximum absolute atomic E-state index is 12.5. The van der Waals surface area contributed by atoms with Crippen molar-refractivity contribution in [3.63, 3.8) is 0 Å². The van der Waals surface area contributed by atoms with Crippen molar-refractivity contribution in [2.75, 3.05) is 11.9 Å². The highest BCUT2D eigenvalue weighted by Gasteiger charge is 2.35. The van der Waals surface area contributed by atoms with E-state index in [1.165, 1.54) is 0 Å². The van der Waals surface area contributed by atoms with Crippen molar-refractivity contribution in [2.24, 2.45) is 11.8 Å². The first-order chi connectivity index (χ1) is 13.7. The van der Waals surface area contributed by atoms with Gasteiger partial charge >= 0.3 is 0 Å². The molecule has 1 saturated heterocycles. The van der Waals surface area contributed by atoms with Crippen LogP contribution < -0.4 is 10.6 Å². The molecule has 29 heavy (non-hydrogen) atoms. The summed E-state index contributed by atoms with van der Waals surface area (Å²) in [5, 5.41) is 5.89. The van der Waals surface area contributed by atoms with E-state index in [1.807, 2.05) is 20.8 Å². The highest BCUT2D eigenvalue weighted by atomic mass is 16.2. The Morgan fingerprint density at radius 3 is 2.28 bits per heavy atom. The quantitative estimate of drug-likeness (QED) is 0.660. The highest BCUT2D eigenvalue weighted by Crippen LogP contribution is 2.22. The van der Waals surface area contributed by atoms with Gasteiger partial charge in [-0.3, -0.25) is 14.4 Å². The van der Waals surface area contributed by atoms with Crippen LogP contribution >= 0.6 is 0 Å². The fourth-order valence-electron chi connectivity index (χ4n) is 3.57. The maximum atomic E-state index is 12.5. The van der Waals surface area contributed by atoms with Gasteiger partial charge < -0.3 is 15.5 Å². The van der Waals surface area contributed by atoms with Crippen LogP contribution in [0.5, 0.6) is 0 Å². The number of nitrogens with one attached hydrogen (secondary N) is 2. The standard InChI is InChI=1S/C23H35N3O3/c1-15(2)7-6-8-17(5)24-22(28)18-9-11-20(12-10-18)25-23(29)19-13-21(27)26(14-19)16(3)4/h9-12,15-17,19H,6-8,13-14H2,1-5H3,(H,24,28)(H,25,29). The average Bonchev–Trinajstić information content (AvgIpc) is 3.04. The van der Waals surface area contributed by atoms with E-state index < -0.39 is 0 Å². The Hall–Kier alpha value is -2.37. The molecule has 0 bridgehead atoms. The van der Waals surface area contributed by atoms with Gasteiger partial charge in [-0.25, -0.2) is 0 Å². The molecule has 1 fully saturated rings.